The van der Waals surface area contributed by atoms with Gasteiger partial charge in [-0.25, -0.2) is 4.98 Å². The average molecular weight is 719 g/mol. The number of furan rings is 1. The van der Waals surface area contributed by atoms with E-state index in [1.807, 2.05) is 48.5 Å². The summed E-state index contributed by atoms with van der Waals surface area (Å²) in [6.07, 6.45) is 1.74. The van der Waals surface area contributed by atoms with Crippen molar-refractivity contribution in [1.29, 1.82) is 0 Å². The molecule has 2 heterocycles. The molecule has 2 aromatic heterocycles. The van der Waals surface area contributed by atoms with Gasteiger partial charge >= 0.3 is 0 Å². The summed E-state index contributed by atoms with van der Waals surface area (Å²) in [7, 11) is 0. The molecule has 1 N–H and O–H groups in total. The molecule has 270 valence electrons. The summed E-state index contributed by atoms with van der Waals surface area (Å²) in [5.41, 5.74) is 11.3. The number of aromatic nitrogens is 1. The third-order valence-electron chi connectivity index (χ3n) is 10.6. The highest BCUT2D eigenvalue weighted by molar-refractivity contribution is 6.17. The van der Waals surface area contributed by atoms with Crippen molar-refractivity contribution in [2.45, 2.75) is 52.4 Å². The highest BCUT2D eigenvalue weighted by atomic mass is 16.3. The third-order valence-corrected chi connectivity index (χ3v) is 10.6. The molecule has 0 radical (unpaired) electrons. The molecule has 0 saturated heterocycles. The number of aromatic hydroxyl groups is 1. The molecule has 0 atom stereocenters. The van der Waals surface area contributed by atoms with Gasteiger partial charge in [0, 0.05) is 39.1 Å². The number of benzene rings is 7. The molecule has 0 bridgehead atoms. The van der Waals surface area contributed by atoms with Crippen molar-refractivity contribution in [3.63, 3.8) is 0 Å². The Kier molecular flexibility index (Phi) is 8.01. The van der Waals surface area contributed by atoms with Crippen molar-refractivity contribution in [2.24, 2.45) is 4.99 Å². The van der Waals surface area contributed by atoms with Crippen molar-refractivity contribution in [3.8, 4) is 39.5 Å². The first-order valence-electron chi connectivity index (χ1n) is 18.8. The van der Waals surface area contributed by atoms with Gasteiger partial charge in [0.25, 0.3) is 0 Å². The molecule has 9 aromatic rings. The second-order valence-electron chi connectivity index (χ2n) is 16.4. The monoisotopic (exact) mass is 718 g/mol. The minimum absolute atomic E-state index is 0.0848. The van der Waals surface area contributed by atoms with Gasteiger partial charge in [-0.1, -0.05) is 133 Å². The van der Waals surface area contributed by atoms with Crippen LogP contribution in [0.15, 0.2) is 147 Å². The van der Waals surface area contributed by atoms with Gasteiger partial charge < -0.3 is 13.9 Å². The summed E-state index contributed by atoms with van der Waals surface area (Å²) in [6, 6.07) is 45.4. The van der Waals surface area contributed by atoms with Gasteiger partial charge in [-0.2, -0.15) is 0 Å². The Labute approximate surface area is 320 Å². The average Bonchev–Trinajstić information content (AvgIpc) is 3.79. The Morgan fingerprint density at radius 3 is 2.05 bits per heavy atom. The van der Waals surface area contributed by atoms with Crippen LogP contribution in [0.3, 0.4) is 0 Å². The zero-order valence-corrected chi connectivity index (χ0v) is 31.9. The van der Waals surface area contributed by atoms with Crippen LogP contribution in [0.25, 0.3) is 77.5 Å². The van der Waals surface area contributed by atoms with Crippen LogP contribution in [-0.2, 0) is 10.8 Å². The summed E-state index contributed by atoms with van der Waals surface area (Å²) in [6.45, 7) is 13.1. The van der Waals surface area contributed by atoms with Crippen molar-refractivity contribution in [3.05, 3.63) is 150 Å². The quantitative estimate of drug-likeness (QED) is 0.180. The van der Waals surface area contributed by atoms with Crippen molar-refractivity contribution in [2.75, 3.05) is 0 Å². The van der Waals surface area contributed by atoms with Crippen LogP contribution in [0.2, 0.25) is 0 Å². The second kappa shape index (κ2) is 12.8. The molecule has 7 aromatic carbocycles. The summed E-state index contributed by atoms with van der Waals surface area (Å²) in [4.78, 5) is 10.4. The maximum atomic E-state index is 10.9. The molecule has 5 heteroatoms. The number of hydrogen-bond donors (Lipinski definition) is 1. The van der Waals surface area contributed by atoms with Gasteiger partial charge in [-0.05, 0) is 80.9 Å². The van der Waals surface area contributed by atoms with Crippen LogP contribution in [0.1, 0.15) is 58.2 Å². The highest BCUT2D eigenvalue weighted by Gasteiger charge is 2.25. The molecule has 0 spiro atoms. The molecule has 0 fully saturated rings. The largest absolute Gasteiger partial charge is 0.507 e. The van der Waals surface area contributed by atoms with Gasteiger partial charge in [0.2, 0.25) is 5.89 Å². The van der Waals surface area contributed by atoms with Crippen LogP contribution < -0.4 is 0 Å². The van der Waals surface area contributed by atoms with Crippen LogP contribution in [0.5, 0.6) is 5.75 Å². The Balaban J connectivity index is 1.28. The van der Waals surface area contributed by atoms with E-state index in [9.17, 15) is 5.11 Å². The lowest BCUT2D eigenvalue weighted by molar-refractivity contribution is 0.473. The lowest BCUT2D eigenvalue weighted by atomic mass is 9.84. The molecule has 0 unspecified atom stereocenters. The van der Waals surface area contributed by atoms with Crippen molar-refractivity contribution in [1.82, 2.24) is 4.98 Å². The standard InChI is InChI=1S/C50H42N2O3/c1-49(2,3)33-21-25-41(53)32(26-33)29-51-45-36-17-11-10-16-31(36)20-22-39(45)48-52-46-40(27-34(50(4,5)6)28-43(46)55-48)37-24-23-35(30-14-8-7-9-15-30)44-38-18-12-13-19-42(38)54-47(37)44/h7-29,53H,1-6H3. The van der Waals surface area contributed by atoms with Gasteiger partial charge in [0.15, 0.2) is 5.58 Å². The van der Waals surface area contributed by atoms with E-state index in [0.29, 0.717) is 17.0 Å². The molecule has 9 rings (SSSR count). The first-order chi connectivity index (χ1) is 26.4. The number of hydrogen-bond acceptors (Lipinski definition) is 5. The van der Waals surface area contributed by atoms with Gasteiger partial charge in [-0.3, -0.25) is 4.99 Å². The fraction of sp³-hybridized carbons (Fsp3) is 0.160. The number of rotatable bonds is 5. The van der Waals surface area contributed by atoms with E-state index in [2.05, 4.69) is 120 Å². The summed E-state index contributed by atoms with van der Waals surface area (Å²) in [5, 5.41) is 15.0. The number of nitrogens with zero attached hydrogens (tertiary/aromatic N) is 2. The van der Waals surface area contributed by atoms with Crippen molar-refractivity contribution >= 4 is 55.7 Å². The molecule has 0 saturated carbocycles. The minimum atomic E-state index is -0.172. The fourth-order valence-corrected chi connectivity index (χ4v) is 7.51. The zero-order chi connectivity index (χ0) is 38.1. The molecular weight excluding hydrogens is 677 g/mol. The van der Waals surface area contributed by atoms with Gasteiger partial charge in [-0.15, -0.1) is 0 Å². The van der Waals surface area contributed by atoms with E-state index >= 15 is 0 Å². The van der Waals surface area contributed by atoms with Crippen LogP contribution in [0, 0.1) is 0 Å². The molecule has 0 amide bonds. The number of fused-ring (bicyclic) bond motifs is 5. The van der Waals surface area contributed by atoms with Crippen LogP contribution >= 0.6 is 0 Å². The highest BCUT2D eigenvalue weighted by Crippen LogP contribution is 2.46. The first-order valence-corrected chi connectivity index (χ1v) is 18.8. The number of oxazole rings is 1. The smallest absolute Gasteiger partial charge is 0.229 e. The summed E-state index contributed by atoms with van der Waals surface area (Å²) in [5.74, 6) is 0.643. The summed E-state index contributed by atoms with van der Waals surface area (Å²) >= 11 is 0. The molecular formula is C50H42N2O3. The number of para-hydroxylation sites is 1. The topological polar surface area (TPSA) is 71.8 Å². The maximum Gasteiger partial charge on any atom is 0.229 e. The van der Waals surface area contributed by atoms with Crippen LogP contribution in [-0.4, -0.2) is 16.3 Å². The third kappa shape index (κ3) is 6.06. The van der Waals surface area contributed by atoms with E-state index < -0.39 is 0 Å². The predicted molar refractivity (Wildman–Crippen MR) is 228 cm³/mol. The second-order valence-corrected chi connectivity index (χ2v) is 16.4. The van der Waals surface area contributed by atoms with Crippen molar-refractivity contribution < 1.29 is 13.9 Å². The predicted octanol–water partition coefficient (Wildman–Crippen LogP) is 13.9. The van der Waals surface area contributed by atoms with E-state index in [1.54, 1.807) is 12.3 Å². The number of phenols is 1. The fourth-order valence-electron chi connectivity index (χ4n) is 7.51. The Hall–Kier alpha value is -6.46. The lowest BCUT2D eigenvalue weighted by Gasteiger charge is -2.20. The molecule has 0 aliphatic heterocycles. The normalized spacial score (nSPS) is 12.5. The molecule has 0 aliphatic carbocycles. The van der Waals surface area contributed by atoms with Gasteiger partial charge in [0.05, 0.1) is 11.3 Å². The molecule has 55 heavy (non-hydrogen) atoms. The van der Waals surface area contributed by atoms with E-state index in [-0.39, 0.29) is 16.6 Å². The summed E-state index contributed by atoms with van der Waals surface area (Å²) < 4.78 is 13.5. The zero-order valence-electron chi connectivity index (χ0n) is 31.9. The number of phenolic OH excluding ortho intramolecular Hbond substituents is 1. The maximum absolute atomic E-state index is 10.9. The van der Waals surface area contributed by atoms with E-state index in [0.717, 1.165) is 82.9 Å². The Bertz CT molecular complexity index is 2950. The first kappa shape index (κ1) is 34.3. The Morgan fingerprint density at radius 2 is 1.27 bits per heavy atom. The SMILES string of the molecule is CC(C)(C)c1ccc(O)c(C=Nc2c(-c3nc4c(-c5ccc(-c6ccccc6)c6c5oc5ccccc56)cc(C(C)(C)C)cc4o3)ccc3ccccc23)c1. The van der Waals surface area contributed by atoms with Gasteiger partial charge in [0.1, 0.15) is 22.4 Å². The molecule has 5 nitrogen and oxygen atoms in total. The van der Waals surface area contributed by atoms with E-state index in [4.69, 9.17) is 18.8 Å². The minimum Gasteiger partial charge on any atom is -0.507 e. The Morgan fingerprint density at radius 1 is 0.582 bits per heavy atom. The lowest BCUT2D eigenvalue weighted by Crippen LogP contribution is -2.11. The van der Waals surface area contributed by atoms with Crippen LogP contribution in [0.4, 0.5) is 5.69 Å². The number of aliphatic imine (C=N–C) groups is 1. The van der Waals surface area contributed by atoms with E-state index in [1.165, 1.54) is 0 Å². The molecule has 0 aliphatic rings.